The molecule has 0 aromatic carbocycles. The van der Waals surface area contributed by atoms with E-state index in [4.69, 9.17) is 4.42 Å². The molecule has 0 radical (unpaired) electrons. The Morgan fingerprint density at radius 1 is 1.21 bits per heavy atom. The van der Waals surface area contributed by atoms with Crippen LogP contribution in [0.2, 0.25) is 0 Å². The van der Waals surface area contributed by atoms with Crippen LogP contribution in [0.3, 0.4) is 0 Å². The van der Waals surface area contributed by atoms with Gasteiger partial charge in [-0.1, -0.05) is 0 Å². The van der Waals surface area contributed by atoms with Crippen LogP contribution in [-0.4, -0.2) is 58.2 Å². The van der Waals surface area contributed by atoms with Crippen molar-refractivity contribution in [1.29, 1.82) is 0 Å². The maximum Gasteiger partial charge on any atom is 0.276 e. The van der Waals surface area contributed by atoms with Gasteiger partial charge < -0.3 is 19.3 Å². The van der Waals surface area contributed by atoms with E-state index in [0.29, 0.717) is 43.6 Å². The number of aromatic nitrogens is 2. The van der Waals surface area contributed by atoms with Crippen molar-refractivity contribution in [1.82, 2.24) is 14.9 Å². The minimum Gasteiger partial charge on any atom is -0.447 e. The lowest BCUT2D eigenvalue weighted by Gasteiger charge is -2.23. The molecule has 1 saturated heterocycles. The standard InChI is InChI=1S/C17H20N4O3/c22-14-9-20(13-3-5-18-6-4-13)7-8-21(10-14)17(23)15-16(12-1-2-12)24-11-19-15/h3-6,11-12,14,22H,1-2,7-10H2/t14-/m1/s1. The number of carbonyl (C=O) groups excluding carboxylic acids is 1. The van der Waals surface area contributed by atoms with E-state index in [1.165, 1.54) is 6.39 Å². The Labute approximate surface area is 139 Å². The van der Waals surface area contributed by atoms with Crippen LogP contribution >= 0.6 is 0 Å². The lowest BCUT2D eigenvalue weighted by Crippen LogP contribution is -2.38. The zero-order valence-corrected chi connectivity index (χ0v) is 13.3. The van der Waals surface area contributed by atoms with Gasteiger partial charge in [-0.2, -0.15) is 0 Å². The summed E-state index contributed by atoms with van der Waals surface area (Å²) in [5.41, 5.74) is 1.40. The molecule has 0 unspecified atom stereocenters. The average molecular weight is 328 g/mol. The predicted octanol–water partition coefficient (Wildman–Crippen LogP) is 1.27. The van der Waals surface area contributed by atoms with Crippen LogP contribution in [0.4, 0.5) is 5.69 Å². The normalized spacial score (nSPS) is 21.6. The molecule has 2 aromatic heterocycles. The molecule has 1 aliphatic heterocycles. The van der Waals surface area contributed by atoms with Gasteiger partial charge in [0, 0.05) is 50.2 Å². The van der Waals surface area contributed by atoms with Crippen molar-refractivity contribution in [3.63, 3.8) is 0 Å². The van der Waals surface area contributed by atoms with Crippen LogP contribution < -0.4 is 4.90 Å². The van der Waals surface area contributed by atoms with Crippen LogP contribution in [0.1, 0.15) is 35.0 Å². The van der Waals surface area contributed by atoms with E-state index in [0.717, 1.165) is 18.5 Å². The zero-order valence-electron chi connectivity index (χ0n) is 13.3. The summed E-state index contributed by atoms with van der Waals surface area (Å²) in [4.78, 5) is 24.7. The first kappa shape index (κ1) is 15.1. The Morgan fingerprint density at radius 3 is 2.75 bits per heavy atom. The third-order valence-electron chi connectivity index (χ3n) is 4.56. The van der Waals surface area contributed by atoms with E-state index in [2.05, 4.69) is 14.9 Å². The van der Waals surface area contributed by atoms with Crippen molar-refractivity contribution >= 4 is 11.6 Å². The Morgan fingerprint density at radius 2 is 2.00 bits per heavy atom. The van der Waals surface area contributed by atoms with E-state index < -0.39 is 6.10 Å². The Balaban J connectivity index is 1.50. The summed E-state index contributed by atoms with van der Waals surface area (Å²) in [5.74, 6) is 0.877. The molecule has 0 bridgehead atoms. The maximum atomic E-state index is 12.8. The summed E-state index contributed by atoms with van der Waals surface area (Å²) in [6.07, 6.45) is 6.29. The third-order valence-corrected chi connectivity index (χ3v) is 4.56. The number of aliphatic hydroxyl groups excluding tert-OH is 1. The number of hydrogen-bond acceptors (Lipinski definition) is 6. The summed E-state index contributed by atoms with van der Waals surface area (Å²) >= 11 is 0. The van der Waals surface area contributed by atoms with E-state index in [9.17, 15) is 9.90 Å². The summed E-state index contributed by atoms with van der Waals surface area (Å²) in [6.45, 7) is 1.98. The number of rotatable bonds is 3. The highest BCUT2D eigenvalue weighted by molar-refractivity contribution is 5.93. The van der Waals surface area contributed by atoms with Gasteiger partial charge in [-0.25, -0.2) is 4.98 Å². The molecular weight excluding hydrogens is 308 g/mol. The van der Waals surface area contributed by atoms with Crippen molar-refractivity contribution < 1.29 is 14.3 Å². The molecule has 1 N–H and O–H groups in total. The second-order valence-corrected chi connectivity index (χ2v) is 6.40. The second kappa shape index (κ2) is 6.24. The van der Waals surface area contributed by atoms with Gasteiger partial charge in [-0.15, -0.1) is 0 Å². The third kappa shape index (κ3) is 2.99. The fourth-order valence-electron chi connectivity index (χ4n) is 3.17. The highest BCUT2D eigenvalue weighted by Gasteiger charge is 2.35. The van der Waals surface area contributed by atoms with E-state index >= 15 is 0 Å². The molecule has 1 aliphatic carbocycles. The number of pyridine rings is 1. The molecule has 7 nitrogen and oxygen atoms in total. The molecule has 24 heavy (non-hydrogen) atoms. The van der Waals surface area contributed by atoms with Gasteiger partial charge in [0.2, 0.25) is 0 Å². The zero-order chi connectivity index (χ0) is 16.5. The molecule has 1 amide bonds. The SMILES string of the molecule is O=C(c1ncoc1C1CC1)N1CCN(c2ccncc2)C[C@@H](O)C1. The Kier molecular flexibility index (Phi) is 3.93. The number of hydrogen-bond donors (Lipinski definition) is 1. The molecule has 7 heteroatoms. The number of oxazole rings is 1. The molecular formula is C17H20N4O3. The molecule has 2 aromatic rings. The first-order valence-corrected chi connectivity index (χ1v) is 8.28. The van der Waals surface area contributed by atoms with Crippen molar-refractivity contribution in [2.75, 3.05) is 31.1 Å². The second-order valence-electron chi connectivity index (χ2n) is 6.40. The Bertz CT molecular complexity index is 714. The smallest absolute Gasteiger partial charge is 0.276 e. The fraction of sp³-hybridized carbons (Fsp3) is 0.471. The van der Waals surface area contributed by atoms with Crippen LogP contribution in [0, 0.1) is 0 Å². The monoisotopic (exact) mass is 328 g/mol. The van der Waals surface area contributed by atoms with Gasteiger partial charge in [0.05, 0.1) is 6.10 Å². The van der Waals surface area contributed by atoms with Gasteiger partial charge >= 0.3 is 0 Å². The number of β-amino-alcohol motifs (C(OH)–C–C–N with tert-alkyl or cyclic N) is 1. The van der Waals surface area contributed by atoms with E-state index in [1.807, 2.05) is 12.1 Å². The first-order chi connectivity index (χ1) is 11.7. The van der Waals surface area contributed by atoms with E-state index in [-0.39, 0.29) is 5.91 Å². The number of nitrogens with zero attached hydrogens (tertiary/aromatic N) is 4. The fourth-order valence-corrected chi connectivity index (χ4v) is 3.17. The van der Waals surface area contributed by atoms with Gasteiger partial charge in [0.1, 0.15) is 5.76 Å². The minimum absolute atomic E-state index is 0.152. The first-order valence-electron chi connectivity index (χ1n) is 8.28. The van der Waals surface area contributed by atoms with Crippen LogP contribution in [-0.2, 0) is 0 Å². The summed E-state index contributed by atoms with van der Waals surface area (Å²) < 4.78 is 5.41. The summed E-state index contributed by atoms with van der Waals surface area (Å²) in [5, 5.41) is 10.3. The lowest BCUT2D eigenvalue weighted by molar-refractivity contribution is 0.0666. The number of aliphatic hydroxyl groups is 1. The average Bonchev–Trinajstić information content (AvgIpc) is 3.37. The molecule has 3 heterocycles. The maximum absolute atomic E-state index is 12.8. The number of anilines is 1. The predicted molar refractivity (Wildman–Crippen MR) is 86.8 cm³/mol. The lowest BCUT2D eigenvalue weighted by atomic mass is 10.2. The molecule has 2 aliphatic rings. The van der Waals surface area contributed by atoms with Crippen molar-refractivity contribution in [3.05, 3.63) is 42.4 Å². The number of amides is 1. The van der Waals surface area contributed by atoms with Crippen LogP contribution in [0.15, 0.2) is 35.3 Å². The molecule has 2 fully saturated rings. The summed E-state index contributed by atoms with van der Waals surface area (Å²) in [7, 11) is 0. The van der Waals surface area contributed by atoms with Gasteiger partial charge in [-0.3, -0.25) is 9.78 Å². The summed E-state index contributed by atoms with van der Waals surface area (Å²) in [6, 6.07) is 3.82. The van der Waals surface area contributed by atoms with Crippen LogP contribution in [0.5, 0.6) is 0 Å². The molecule has 4 rings (SSSR count). The highest BCUT2D eigenvalue weighted by Crippen LogP contribution is 2.41. The van der Waals surface area contributed by atoms with Gasteiger partial charge in [-0.05, 0) is 25.0 Å². The van der Waals surface area contributed by atoms with Gasteiger partial charge in [0.25, 0.3) is 5.91 Å². The van der Waals surface area contributed by atoms with Crippen molar-refractivity contribution in [2.45, 2.75) is 24.9 Å². The molecule has 126 valence electrons. The molecule has 1 atom stereocenters. The van der Waals surface area contributed by atoms with Crippen LogP contribution in [0.25, 0.3) is 0 Å². The van der Waals surface area contributed by atoms with E-state index in [1.54, 1.807) is 17.3 Å². The topological polar surface area (TPSA) is 82.7 Å². The largest absolute Gasteiger partial charge is 0.447 e. The molecule has 1 saturated carbocycles. The van der Waals surface area contributed by atoms with Crippen molar-refractivity contribution in [2.24, 2.45) is 0 Å². The van der Waals surface area contributed by atoms with Crippen molar-refractivity contribution in [3.8, 4) is 0 Å². The Hall–Kier alpha value is -2.41. The van der Waals surface area contributed by atoms with Gasteiger partial charge in [0.15, 0.2) is 12.1 Å². The molecule has 0 spiro atoms. The minimum atomic E-state index is -0.610. The highest BCUT2D eigenvalue weighted by atomic mass is 16.3. The number of carbonyl (C=O) groups is 1. The quantitative estimate of drug-likeness (QED) is 0.914.